The molecule has 1 aromatic heterocycles. The molecule has 0 fully saturated rings. The van der Waals surface area contributed by atoms with E-state index in [1.54, 1.807) is 24.3 Å². The van der Waals surface area contributed by atoms with Gasteiger partial charge < -0.3 is 14.5 Å². The van der Waals surface area contributed by atoms with Gasteiger partial charge in [0.25, 0.3) is 11.8 Å². The molecule has 25 heavy (non-hydrogen) atoms. The second kappa shape index (κ2) is 9.02. The molecule has 0 atom stereocenters. The summed E-state index contributed by atoms with van der Waals surface area (Å²) in [6.07, 6.45) is 1.42. The van der Waals surface area contributed by atoms with Gasteiger partial charge in [0, 0.05) is 0 Å². The van der Waals surface area contributed by atoms with E-state index >= 15 is 0 Å². The summed E-state index contributed by atoms with van der Waals surface area (Å²) in [5.74, 6) is -2.71. The highest BCUT2D eigenvalue weighted by Crippen LogP contribution is 1.99. The summed E-state index contributed by atoms with van der Waals surface area (Å²) in [7, 11) is 0. The van der Waals surface area contributed by atoms with Crippen molar-refractivity contribution in [2.75, 3.05) is 13.2 Å². The quantitative estimate of drug-likeness (QED) is 0.704. The fourth-order valence-corrected chi connectivity index (χ4v) is 1.84. The minimum Gasteiger partial charge on any atom is -0.459 e. The fraction of sp³-hybridized carbons (Fsp3) is 0.176. The van der Waals surface area contributed by atoms with E-state index in [4.69, 9.17) is 4.42 Å². The number of carbonyl (C=O) groups is 4. The molecule has 0 radical (unpaired) electrons. The van der Waals surface area contributed by atoms with E-state index in [-0.39, 0.29) is 24.6 Å². The van der Waals surface area contributed by atoms with Crippen LogP contribution in [-0.2, 0) is 25.5 Å². The van der Waals surface area contributed by atoms with Gasteiger partial charge in [-0.15, -0.1) is 0 Å². The number of esters is 1. The Hall–Kier alpha value is -3.42. The molecule has 0 bridgehead atoms. The Morgan fingerprint density at radius 3 is 2.40 bits per heavy atom. The molecule has 130 valence electrons. The van der Waals surface area contributed by atoms with Gasteiger partial charge in [-0.3, -0.25) is 24.5 Å². The van der Waals surface area contributed by atoms with E-state index in [1.165, 1.54) is 18.4 Å². The normalized spacial score (nSPS) is 9.92. The number of benzene rings is 1. The van der Waals surface area contributed by atoms with E-state index < -0.39 is 24.4 Å². The SMILES string of the molecule is O=C(Cc1ccccc1)NCC(=O)OCC(=O)NC(=O)c1ccco1. The summed E-state index contributed by atoms with van der Waals surface area (Å²) in [5.41, 5.74) is 0.809. The van der Waals surface area contributed by atoms with Crippen LogP contribution in [0.5, 0.6) is 0 Å². The molecule has 0 aliphatic rings. The van der Waals surface area contributed by atoms with Crippen LogP contribution < -0.4 is 10.6 Å². The Labute approximate surface area is 143 Å². The van der Waals surface area contributed by atoms with E-state index in [1.807, 2.05) is 11.4 Å². The number of amides is 3. The van der Waals surface area contributed by atoms with Gasteiger partial charge in [0.15, 0.2) is 12.4 Å². The molecule has 3 amide bonds. The van der Waals surface area contributed by atoms with Crippen LogP contribution in [0.4, 0.5) is 0 Å². The van der Waals surface area contributed by atoms with Crippen molar-refractivity contribution in [2.24, 2.45) is 0 Å². The van der Waals surface area contributed by atoms with Crippen molar-refractivity contribution >= 4 is 23.7 Å². The maximum absolute atomic E-state index is 11.7. The number of imide groups is 1. The van der Waals surface area contributed by atoms with Crippen molar-refractivity contribution in [3.8, 4) is 0 Å². The summed E-state index contributed by atoms with van der Waals surface area (Å²) >= 11 is 0. The van der Waals surface area contributed by atoms with Crippen LogP contribution in [0.15, 0.2) is 53.1 Å². The van der Waals surface area contributed by atoms with E-state index in [0.29, 0.717) is 0 Å². The number of carbonyl (C=O) groups excluding carboxylic acids is 4. The van der Waals surface area contributed by atoms with Crippen LogP contribution in [-0.4, -0.2) is 36.8 Å². The Bertz CT molecular complexity index is 740. The predicted octanol–water partition coefficient (Wildman–Crippen LogP) is 0.438. The summed E-state index contributed by atoms with van der Waals surface area (Å²) in [5, 5.41) is 4.39. The zero-order chi connectivity index (χ0) is 18.1. The first-order chi connectivity index (χ1) is 12.0. The molecule has 0 unspecified atom stereocenters. The lowest BCUT2D eigenvalue weighted by Gasteiger charge is -2.06. The number of ether oxygens (including phenoxy) is 1. The fourth-order valence-electron chi connectivity index (χ4n) is 1.84. The largest absolute Gasteiger partial charge is 0.459 e. The molecule has 2 N–H and O–H groups in total. The van der Waals surface area contributed by atoms with E-state index in [9.17, 15) is 19.2 Å². The molecule has 0 spiro atoms. The predicted molar refractivity (Wildman–Crippen MR) is 85.3 cm³/mol. The Morgan fingerprint density at radius 2 is 1.72 bits per heavy atom. The third kappa shape index (κ3) is 6.30. The molecule has 1 aromatic carbocycles. The second-order valence-electron chi connectivity index (χ2n) is 4.95. The number of rotatable bonds is 7. The topological polar surface area (TPSA) is 115 Å². The maximum Gasteiger partial charge on any atom is 0.325 e. The number of furan rings is 1. The smallest absolute Gasteiger partial charge is 0.325 e. The molecule has 0 aliphatic carbocycles. The van der Waals surface area contributed by atoms with Crippen molar-refractivity contribution in [3.05, 3.63) is 60.1 Å². The van der Waals surface area contributed by atoms with E-state index in [0.717, 1.165) is 5.56 Å². The van der Waals surface area contributed by atoms with Gasteiger partial charge in [-0.25, -0.2) is 0 Å². The van der Waals surface area contributed by atoms with Crippen molar-refractivity contribution in [1.29, 1.82) is 0 Å². The summed E-state index contributed by atoms with van der Waals surface area (Å²) in [6, 6.07) is 11.9. The lowest BCUT2D eigenvalue weighted by molar-refractivity contribution is -0.148. The zero-order valence-corrected chi connectivity index (χ0v) is 13.2. The van der Waals surface area contributed by atoms with Crippen LogP contribution in [0.2, 0.25) is 0 Å². The molecule has 0 saturated carbocycles. The lowest BCUT2D eigenvalue weighted by atomic mass is 10.1. The van der Waals surface area contributed by atoms with Crippen molar-refractivity contribution in [3.63, 3.8) is 0 Å². The van der Waals surface area contributed by atoms with E-state index in [2.05, 4.69) is 10.1 Å². The average molecular weight is 344 g/mol. The molecule has 0 aliphatic heterocycles. The zero-order valence-electron chi connectivity index (χ0n) is 13.2. The molecule has 8 heteroatoms. The summed E-state index contributed by atoms with van der Waals surface area (Å²) < 4.78 is 9.49. The van der Waals surface area contributed by atoms with Gasteiger partial charge in [0.05, 0.1) is 12.7 Å². The highest BCUT2D eigenvalue weighted by atomic mass is 16.5. The first-order valence-corrected chi connectivity index (χ1v) is 7.38. The van der Waals surface area contributed by atoms with Crippen LogP contribution in [0.3, 0.4) is 0 Å². The van der Waals surface area contributed by atoms with Crippen LogP contribution in [0, 0.1) is 0 Å². The molecular weight excluding hydrogens is 328 g/mol. The summed E-state index contributed by atoms with van der Waals surface area (Å²) in [6.45, 7) is -1.01. The first kappa shape index (κ1) is 17.9. The highest BCUT2D eigenvalue weighted by Gasteiger charge is 2.14. The number of hydrogen-bond acceptors (Lipinski definition) is 6. The van der Waals surface area contributed by atoms with Crippen molar-refractivity contribution in [2.45, 2.75) is 6.42 Å². The Morgan fingerprint density at radius 1 is 0.960 bits per heavy atom. The molecule has 2 aromatic rings. The molecule has 2 rings (SSSR count). The van der Waals surface area contributed by atoms with Crippen molar-refractivity contribution in [1.82, 2.24) is 10.6 Å². The minimum atomic E-state index is -0.801. The van der Waals surface area contributed by atoms with Gasteiger partial charge in [-0.1, -0.05) is 30.3 Å². The standard InChI is InChI=1S/C17H16N2O6/c20-14(9-12-5-2-1-3-6-12)18-10-16(22)25-11-15(21)19-17(23)13-7-4-8-24-13/h1-8H,9-11H2,(H,18,20)(H,19,21,23). The van der Waals surface area contributed by atoms with Crippen molar-refractivity contribution < 1.29 is 28.3 Å². The number of hydrogen-bond donors (Lipinski definition) is 2. The van der Waals surface area contributed by atoms with Crippen LogP contribution in [0.1, 0.15) is 16.1 Å². The van der Waals surface area contributed by atoms with Gasteiger partial charge in [-0.05, 0) is 17.7 Å². The third-order valence-electron chi connectivity index (χ3n) is 3.00. The Balaban J connectivity index is 1.64. The average Bonchev–Trinajstić information content (AvgIpc) is 3.14. The third-order valence-corrected chi connectivity index (χ3v) is 3.00. The van der Waals surface area contributed by atoms with Gasteiger partial charge in [-0.2, -0.15) is 0 Å². The summed E-state index contributed by atoms with van der Waals surface area (Å²) in [4.78, 5) is 46.2. The molecule has 8 nitrogen and oxygen atoms in total. The van der Waals surface area contributed by atoms with Gasteiger partial charge in [0.1, 0.15) is 6.54 Å². The maximum atomic E-state index is 11.7. The second-order valence-corrected chi connectivity index (χ2v) is 4.95. The lowest BCUT2D eigenvalue weighted by Crippen LogP contribution is -2.36. The molecule has 0 saturated heterocycles. The number of nitrogens with one attached hydrogen (secondary N) is 2. The van der Waals surface area contributed by atoms with Gasteiger partial charge in [0.2, 0.25) is 5.91 Å². The molecular formula is C17H16N2O6. The Kier molecular flexibility index (Phi) is 6.47. The minimum absolute atomic E-state index is 0.0344. The van der Waals surface area contributed by atoms with Gasteiger partial charge >= 0.3 is 5.97 Å². The van der Waals surface area contributed by atoms with Crippen LogP contribution in [0.25, 0.3) is 0 Å². The highest BCUT2D eigenvalue weighted by molar-refractivity contribution is 6.03. The van der Waals surface area contributed by atoms with Crippen LogP contribution >= 0.6 is 0 Å². The first-order valence-electron chi connectivity index (χ1n) is 7.38. The molecule has 1 heterocycles. The monoisotopic (exact) mass is 344 g/mol.